The van der Waals surface area contributed by atoms with Gasteiger partial charge in [-0.15, -0.1) is 0 Å². The smallest absolute Gasteiger partial charge is 0.311 e. The van der Waals surface area contributed by atoms with Crippen LogP contribution in [-0.4, -0.2) is 29.7 Å². The molecule has 1 aromatic rings. The Hall–Kier alpha value is -2.20. The Morgan fingerprint density at radius 3 is 2.94 bits per heavy atom. The van der Waals surface area contributed by atoms with E-state index in [2.05, 4.69) is 10.3 Å². The molecule has 1 N–H and O–H groups in total. The molecule has 0 aliphatic carbocycles. The number of hydrogen-bond donors (Lipinski definition) is 1. The molecule has 90 valence electrons. The number of methoxy groups -OCH3 is 1. The first-order valence-electron chi connectivity index (χ1n) is 4.90. The zero-order chi connectivity index (χ0) is 12.8. The zero-order valence-corrected chi connectivity index (χ0v) is 9.51. The average Bonchev–Trinajstić information content (AvgIpc) is 2.35. The van der Waals surface area contributed by atoms with Crippen molar-refractivity contribution in [2.75, 3.05) is 19.0 Å². The summed E-state index contributed by atoms with van der Waals surface area (Å²) in [5.41, 5.74) is -0.0320. The summed E-state index contributed by atoms with van der Waals surface area (Å²) in [6.45, 7) is 2.19. The van der Waals surface area contributed by atoms with Crippen LogP contribution >= 0.6 is 0 Å². The summed E-state index contributed by atoms with van der Waals surface area (Å²) < 4.78 is 5.00. The van der Waals surface area contributed by atoms with E-state index in [1.807, 2.05) is 13.0 Å². The van der Waals surface area contributed by atoms with Gasteiger partial charge in [0.15, 0.2) is 0 Å². The van der Waals surface area contributed by atoms with Gasteiger partial charge in [-0.2, -0.15) is 5.26 Å². The molecule has 0 aliphatic heterocycles. The Bertz CT molecular complexity index is 455. The highest BCUT2D eigenvalue weighted by molar-refractivity contribution is 5.57. The standard InChI is InChI=1S/C10H12N4O3/c1-7(17-2)6-12-10-9(14(15)16)4-3-8(5-11)13-10/h3-4,7H,6H2,1-2H3,(H,12,13)/t7-/m0/s1. The van der Waals surface area contributed by atoms with Gasteiger partial charge in [-0.1, -0.05) is 0 Å². The van der Waals surface area contributed by atoms with Crippen molar-refractivity contribution in [3.05, 3.63) is 27.9 Å². The minimum absolute atomic E-state index is 0.0814. The summed E-state index contributed by atoms with van der Waals surface area (Å²) >= 11 is 0. The Kier molecular flexibility index (Phi) is 4.37. The van der Waals surface area contributed by atoms with Crippen molar-refractivity contribution < 1.29 is 9.66 Å². The molecule has 1 heterocycles. The number of nitrogens with one attached hydrogen (secondary N) is 1. The predicted molar refractivity (Wildman–Crippen MR) is 60.6 cm³/mol. The molecule has 7 heteroatoms. The normalized spacial score (nSPS) is 11.6. The maximum atomic E-state index is 10.7. The van der Waals surface area contributed by atoms with E-state index in [1.165, 1.54) is 12.1 Å². The molecule has 0 fully saturated rings. The molecule has 0 saturated carbocycles. The minimum atomic E-state index is -0.548. The molecule has 17 heavy (non-hydrogen) atoms. The molecular weight excluding hydrogens is 224 g/mol. The van der Waals surface area contributed by atoms with Gasteiger partial charge in [0, 0.05) is 19.7 Å². The van der Waals surface area contributed by atoms with Crippen molar-refractivity contribution in [1.82, 2.24) is 4.98 Å². The molecule has 7 nitrogen and oxygen atoms in total. The second-order valence-corrected chi connectivity index (χ2v) is 3.36. The first-order chi connectivity index (χ1) is 8.08. The highest BCUT2D eigenvalue weighted by Crippen LogP contribution is 2.21. The number of pyridine rings is 1. The van der Waals surface area contributed by atoms with E-state index in [-0.39, 0.29) is 23.3 Å². The summed E-state index contributed by atoms with van der Waals surface area (Å²) in [7, 11) is 1.54. The quantitative estimate of drug-likeness (QED) is 0.610. The van der Waals surface area contributed by atoms with Gasteiger partial charge in [-0.3, -0.25) is 10.1 Å². The van der Waals surface area contributed by atoms with Crippen LogP contribution in [0.1, 0.15) is 12.6 Å². The van der Waals surface area contributed by atoms with E-state index in [4.69, 9.17) is 10.00 Å². The third-order valence-electron chi connectivity index (χ3n) is 2.14. The number of aromatic nitrogens is 1. The molecule has 0 radical (unpaired) electrons. The van der Waals surface area contributed by atoms with Crippen molar-refractivity contribution in [3.63, 3.8) is 0 Å². The summed E-state index contributed by atoms with van der Waals surface area (Å²) in [6.07, 6.45) is -0.109. The molecule has 0 aliphatic rings. The first-order valence-corrected chi connectivity index (χ1v) is 4.90. The maximum Gasteiger partial charge on any atom is 0.311 e. The topological polar surface area (TPSA) is 101 Å². The summed E-state index contributed by atoms with van der Waals surface area (Å²) in [5, 5.41) is 22.2. The van der Waals surface area contributed by atoms with Gasteiger partial charge in [-0.25, -0.2) is 4.98 Å². The molecule has 0 unspecified atom stereocenters. The first kappa shape index (κ1) is 12.9. The zero-order valence-electron chi connectivity index (χ0n) is 9.51. The summed E-state index contributed by atoms with van der Waals surface area (Å²) in [4.78, 5) is 14.0. The number of nitriles is 1. The molecule has 1 aromatic heterocycles. The molecule has 0 amide bonds. The summed E-state index contributed by atoms with van der Waals surface area (Å²) in [5.74, 6) is 0.0814. The van der Waals surface area contributed by atoms with Crippen LogP contribution in [0.4, 0.5) is 11.5 Å². The number of hydrogen-bond acceptors (Lipinski definition) is 6. The fourth-order valence-corrected chi connectivity index (χ4v) is 1.12. The van der Waals surface area contributed by atoms with Gasteiger partial charge in [-0.05, 0) is 13.0 Å². The van der Waals surface area contributed by atoms with Crippen LogP contribution in [0, 0.1) is 21.4 Å². The Labute approximate surface area is 98.2 Å². The van der Waals surface area contributed by atoms with Crippen molar-refractivity contribution >= 4 is 11.5 Å². The molecule has 1 rings (SSSR count). The molecule has 0 spiro atoms. The van der Waals surface area contributed by atoms with Crippen LogP contribution in [0.2, 0.25) is 0 Å². The Morgan fingerprint density at radius 2 is 2.41 bits per heavy atom. The fourth-order valence-electron chi connectivity index (χ4n) is 1.12. The van der Waals surface area contributed by atoms with Crippen molar-refractivity contribution in [2.45, 2.75) is 13.0 Å². The molecular formula is C10H12N4O3. The largest absolute Gasteiger partial charge is 0.380 e. The number of ether oxygens (including phenoxy) is 1. The van der Waals surface area contributed by atoms with Gasteiger partial charge in [0.25, 0.3) is 0 Å². The Balaban J connectivity index is 2.94. The van der Waals surface area contributed by atoms with E-state index in [0.29, 0.717) is 6.54 Å². The lowest BCUT2D eigenvalue weighted by Gasteiger charge is -2.11. The summed E-state index contributed by atoms with van der Waals surface area (Å²) in [6, 6.07) is 4.39. The van der Waals surface area contributed by atoms with Crippen LogP contribution in [0.25, 0.3) is 0 Å². The van der Waals surface area contributed by atoms with Gasteiger partial charge < -0.3 is 10.1 Å². The molecule has 1 atom stereocenters. The lowest BCUT2D eigenvalue weighted by molar-refractivity contribution is -0.384. The molecule has 0 bridgehead atoms. The van der Waals surface area contributed by atoms with E-state index in [0.717, 1.165) is 0 Å². The van der Waals surface area contributed by atoms with Crippen LogP contribution in [0.3, 0.4) is 0 Å². The van der Waals surface area contributed by atoms with Crippen LogP contribution in [-0.2, 0) is 4.74 Å². The van der Waals surface area contributed by atoms with Gasteiger partial charge in [0.2, 0.25) is 5.82 Å². The minimum Gasteiger partial charge on any atom is -0.380 e. The van der Waals surface area contributed by atoms with Gasteiger partial charge in [0.1, 0.15) is 11.8 Å². The highest BCUT2D eigenvalue weighted by Gasteiger charge is 2.16. The Morgan fingerprint density at radius 1 is 1.71 bits per heavy atom. The van der Waals surface area contributed by atoms with Gasteiger partial charge >= 0.3 is 5.69 Å². The predicted octanol–water partition coefficient (Wildman–Crippen LogP) is 1.31. The fraction of sp³-hybridized carbons (Fsp3) is 0.400. The second-order valence-electron chi connectivity index (χ2n) is 3.36. The highest BCUT2D eigenvalue weighted by atomic mass is 16.6. The lowest BCUT2D eigenvalue weighted by atomic mass is 10.3. The lowest BCUT2D eigenvalue weighted by Crippen LogP contribution is -2.19. The van der Waals surface area contributed by atoms with Crippen LogP contribution < -0.4 is 5.32 Å². The number of nitro groups is 1. The number of anilines is 1. The number of rotatable bonds is 5. The molecule has 0 aromatic carbocycles. The van der Waals surface area contributed by atoms with E-state index >= 15 is 0 Å². The molecule has 0 saturated heterocycles. The van der Waals surface area contributed by atoms with E-state index in [1.54, 1.807) is 7.11 Å². The van der Waals surface area contributed by atoms with E-state index in [9.17, 15) is 10.1 Å². The maximum absolute atomic E-state index is 10.7. The monoisotopic (exact) mass is 236 g/mol. The average molecular weight is 236 g/mol. The van der Waals surface area contributed by atoms with Crippen LogP contribution in [0.15, 0.2) is 12.1 Å². The van der Waals surface area contributed by atoms with Crippen molar-refractivity contribution in [2.24, 2.45) is 0 Å². The SMILES string of the molecule is CO[C@@H](C)CNc1nc(C#N)ccc1[N+](=O)[O-]. The third kappa shape index (κ3) is 3.39. The number of nitrogens with zero attached hydrogens (tertiary/aromatic N) is 3. The van der Waals surface area contributed by atoms with Gasteiger partial charge in [0.05, 0.1) is 11.0 Å². The van der Waals surface area contributed by atoms with Crippen LogP contribution in [0.5, 0.6) is 0 Å². The third-order valence-corrected chi connectivity index (χ3v) is 2.14. The van der Waals surface area contributed by atoms with Crippen molar-refractivity contribution in [3.8, 4) is 6.07 Å². The second kappa shape index (κ2) is 5.77. The van der Waals surface area contributed by atoms with Crippen molar-refractivity contribution in [1.29, 1.82) is 5.26 Å². The van der Waals surface area contributed by atoms with E-state index < -0.39 is 4.92 Å².